The SMILES string of the molecule is CC(C)(C)OC(=O)Nc1sc2c(F)ccc(-c3c4c(c5c(N6C7CCC6CN(C(=O)OC(C)(C)C)C7)nc(OC[C@H]6COCCO6)nc5c3Cl)COC4)c2c1C#N. The van der Waals surface area contributed by atoms with Gasteiger partial charge >= 0.3 is 18.2 Å². The molecular weight excluding hydrogens is 779 g/mol. The van der Waals surface area contributed by atoms with Crippen LogP contribution in [0, 0.1) is 17.1 Å². The Morgan fingerprint density at radius 1 is 1.02 bits per heavy atom. The van der Waals surface area contributed by atoms with Crippen molar-refractivity contribution in [3.05, 3.63) is 39.7 Å². The van der Waals surface area contributed by atoms with E-state index in [9.17, 15) is 14.9 Å². The maximum atomic E-state index is 15.6. The Labute approximate surface area is 338 Å². The quantitative estimate of drug-likeness (QED) is 0.201. The maximum absolute atomic E-state index is 15.6. The molecular formula is C40H44ClFN6O8S. The molecule has 0 aliphatic carbocycles. The summed E-state index contributed by atoms with van der Waals surface area (Å²) >= 11 is 8.45. The highest BCUT2D eigenvalue weighted by Crippen LogP contribution is 2.51. The lowest BCUT2D eigenvalue weighted by molar-refractivity contribution is -0.102. The first-order chi connectivity index (χ1) is 27.1. The van der Waals surface area contributed by atoms with Gasteiger partial charge in [0.15, 0.2) is 0 Å². The van der Waals surface area contributed by atoms with Crippen molar-refractivity contribution < 1.29 is 42.4 Å². The van der Waals surface area contributed by atoms with Gasteiger partial charge in [-0.2, -0.15) is 15.2 Å². The predicted octanol–water partition coefficient (Wildman–Crippen LogP) is 7.94. The van der Waals surface area contributed by atoms with E-state index >= 15 is 4.39 Å². The van der Waals surface area contributed by atoms with Gasteiger partial charge in [0.1, 0.15) is 46.6 Å². The summed E-state index contributed by atoms with van der Waals surface area (Å²) in [5.41, 5.74) is 1.60. The minimum atomic E-state index is -0.797. The molecule has 3 atom stereocenters. The number of nitrogens with zero attached hydrogens (tertiary/aromatic N) is 5. The first-order valence-corrected chi connectivity index (χ1v) is 20.2. The average Bonchev–Trinajstić information content (AvgIpc) is 3.84. The average molecular weight is 823 g/mol. The second kappa shape index (κ2) is 15.0. The van der Waals surface area contributed by atoms with E-state index in [0.29, 0.717) is 66.1 Å². The van der Waals surface area contributed by atoms with Crippen molar-refractivity contribution >= 4 is 66.9 Å². The second-order valence-corrected chi connectivity index (χ2v) is 18.0. The normalized spacial score (nSPS) is 20.8. The fourth-order valence-corrected chi connectivity index (χ4v) is 9.44. The number of anilines is 2. The summed E-state index contributed by atoms with van der Waals surface area (Å²) in [6.45, 7) is 13.5. The van der Waals surface area contributed by atoms with Gasteiger partial charge in [-0.1, -0.05) is 17.7 Å². The van der Waals surface area contributed by atoms with Crippen LogP contribution in [0.15, 0.2) is 12.1 Å². The summed E-state index contributed by atoms with van der Waals surface area (Å²) in [7, 11) is 0. The number of carbonyl (C=O) groups excluding carboxylic acids is 2. The van der Waals surface area contributed by atoms with Crippen molar-refractivity contribution in [2.24, 2.45) is 0 Å². The molecule has 0 radical (unpaired) electrons. The van der Waals surface area contributed by atoms with Crippen LogP contribution in [0.2, 0.25) is 5.02 Å². The van der Waals surface area contributed by atoms with Crippen LogP contribution < -0.4 is 15.0 Å². The Morgan fingerprint density at radius 2 is 1.74 bits per heavy atom. The third kappa shape index (κ3) is 7.63. The van der Waals surface area contributed by atoms with Crippen molar-refractivity contribution in [2.75, 3.05) is 49.7 Å². The summed E-state index contributed by atoms with van der Waals surface area (Å²) < 4.78 is 50.8. The van der Waals surface area contributed by atoms with Crippen molar-refractivity contribution in [1.82, 2.24) is 14.9 Å². The van der Waals surface area contributed by atoms with E-state index in [2.05, 4.69) is 16.3 Å². The van der Waals surface area contributed by atoms with Gasteiger partial charge in [0, 0.05) is 36.1 Å². The molecule has 14 nitrogen and oxygen atoms in total. The molecule has 0 spiro atoms. The lowest BCUT2D eigenvalue weighted by Gasteiger charge is -2.42. The van der Waals surface area contributed by atoms with Crippen LogP contribution in [0.25, 0.3) is 32.1 Å². The molecule has 302 valence electrons. The molecule has 3 fully saturated rings. The molecule has 6 heterocycles. The van der Waals surface area contributed by atoms with Gasteiger partial charge in [-0.3, -0.25) is 5.32 Å². The van der Waals surface area contributed by atoms with Crippen LogP contribution in [0.3, 0.4) is 0 Å². The van der Waals surface area contributed by atoms with Gasteiger partial charge in [-0.05, 0) is 77.1 Å². The zero-order valence-electron chi connectivity index (χ0n) is 32.6. The highest BCUT2D eigenvalue weighted by molar-refractivity contribution is 7.23. The summed E-state index contributed by atoms with van der Waals surface area (Å²) in [5, 5.41) is 14.5. The summed E-state index contributed by atoms with van der Waals surface area (Å²) in [6.07, 6.45) is 0.201. The van der Waals surface area contributed by atoms with E-state index in [0.717, 1.165) is 35.3 Å². The van der Waals surface area contributed by atoms with Crippen LogP contribution >= 0.6 is 22.9 Å². The lowest BCUT2D eigenvalue weighted by Crippen LogP contribution is -2.56. The summed E-state index contributed by atoms with van der Waals surface area (Å²) in [4.78, 5) is 40.0. The van der Waals surface area contributed by atoms with Gasteiger partial charge in [0.2, 0.25) is 0 Å². The number of fused-ring (bicyclic) bond motifs is 6. The summed E-state index contributed by atoms with van der Waals surface area (Å²) in [6, 6.07) is 5.02. The van der Waals surface area contributed by atoms with Crippen molar-refractivity contribution in [2.45, 2.75) is 97.0 Å². The van der Waals surface area contributed by atoms with Crippen molar-refractivity contribution in [1.29, 1.82) is 5.26 Å². The number of piperazine rings is 1. The molecule has 57 heavy (non-hydrogen) atoms. The number of ether oxygens (including phenoxy) is 6. The number of hydrogen-bond acceptors (Lipinski definition) is 13. The van der Waals surface area contributed by atoms with E-state index < -0.39 is 23.1 Å². The molecule has 2 aromatic carbocycles. The van der Waals surface area contributed by atoms with E-state index in [4.69, 9.17) is 50.0 Å². The first-order valence-electron chi connectivity index (χ1n) is 19.0. The molecule has 4 aliphatic heterocycles. The smallest absolute Gasteiger partial charge is 0.412 e. The maximum Gasteiger partial charge on any atom is 0.412 e. The Bertz CT molecular complexity index is 2300. The lowest BCUT2D eigenvalue weighted by atomic mass is 9.90. The fourth-order valence-electron chi connectivity index (χ4n) is 8.02. The Morgan fingerprint density at radius 3 is 2.40 bits per heavy atom. The minimum Gasteiger partial charge on any atom is -0.461 e. The second-order valence-electron chi connectivity index (χ2n) is 16.6. The number of carbonyl (C=O) groups is 2. The molecule has 1 N–H and O–H groups in total. The summed E-state index contributed by atoms with van der Waals surface area (Å²) in [5.74, 6) is 0.0520. The van der Waals surface area contributed by atoms with E-state index in [1.165, 1.54) is 6.07 Å². The van der Waals surface area contributed by atoms with Gasteiger partial charge in [0.05, 0.1) is 59.2 Å². The van der Waals surface area contributed by atoms with Crippen LogP contribution in [0.1, 0.15) is 71.1 Å². The number of thiophene rings is 1. The number of hydrogen-bond donors (Lipinski definition) is 1. The van der Waals surface area contributed by atoms with Gasteiger partial charge in [-0.25, -0.2) is 14.0 Å². The molecule has 2 aromatic heterocycles. The number of nitriles is 1. The van der Waals surface area contributed by atoms with Gasteiger partial charge < -0.3 is 38.2 Å². The van der Waals surface area contributed by atoms with E-state index in [-0.39, 0.29) is 70.4 Å². The number of benzene rings is 2. The van der Waals surface area contributed by atoms with Crippen LogP contribution in [-0.4, -0.2) is 96.0 Å². The van der Waals surface area contributed by atoms with E-state index in [1.54, 1.807) is 31.7 Å². The third-order valence-electron chi connectivity index (χ3n) is 10.2. The monoisotopic (exact) mass is 822 g/mol. The topological polar surface area (TPSA) is 158 Å². The highest BCUT2D eigenvalue weighted by Gasteiger charge is 2.45. The molecule has 17 heteroatoms. The van der Waals surface area contributed by atoms with Gasteiger partial charge in [-0.15, -0.1) is 11.3 Å². The largest absolute Gasteiger partial charge is 0.461 e. The molecule has 8 rings (SSSR count). The Hall–Kier alpha value is -4.53. The number of rotatable bonds is 6. The standard InChI is InChI=1S/C40H44ClFN6O8S/c1-39(2,3)55-37(49)46-35-24(13-43)29-23(9-10-27(42)33(29)57-35)28-25-18-52-19-26(25)30-32(31(28)41)44-36(54-17-22-16-51-11-12-53-22)45-34(30)48-20-7-8-21(48)15-47(14-20)38(50)56-40(4,5)6/h9-10,20-22H,7-8,11-12,14-19H2,1-6H3,(H,46,49)/t20?,21?,22-/m1/s1. The zero-order chi connectivity index (χ0) is 40.4. The number of aromatic nitrogens is 2. The number of likely N-dealkylation sites (tertiary alicyclic amines) is 1. The van der Waals surface area contributed by atoms with Crippen LogP contribution in [-0.2, 0) is 36.9 Å². The minimum absolute atomic E-state index is 0.0701. The van der Waals surface area contributed by atoms with Crippen LogP contribution in [0.5, 0.6) is 6.01 Å². The molecule has 2 amide bonds. The Balaban J connectivity index is 1.28. The first kappa shape index (κ1) is 39.3. The Kier molecular flexibility index (Phi) is 10.3. The molecule has 4 aromatic rings. The highest BCUT2D eigenvalue weighted by atomic mass is 35.5. The fraction of sp³-hybridized carbons (Fsp3) is 0.525. The van der Waals surface area contributed by atoms with E-state index in [1.807, 2.05) is 20.8 Å². The van der Waals surface area contributed by atoms with Crippen molar-refractivity contribution in [3.8, 4) is 23.2 Å². The molecule has 3 saturated heterocycles. The van der Waals surface area contributed by atoms with Gasteiger partial charge in [0.25, 0.3) is 0 Å². The zero-order valence-corrected chi connectivity index (χ0v) is 34.2. The predicted molar refractivity (Wildman–Crippen MR) is 212 cm³/mol. The molecule has 4 aliphatic rings. The van der Waals surface area contributed by atoms with Crippen LogP contribution in [0.4, 0.5) is 24.8 Å². The third-order valence-corrected chi connectivity index (χ3v) is 11.7. The van der Waals surface area contributed by atoms with Crippen molar-refractivity contribution in [3.63, 3.8) is 0 Å². The molecule has 2 bridgehead atoms. The number of amides is 2. The number of nitrogens with one attached hydrogen (secondary N) is 1. The molecule has 2 unspecified atom stereocenters. The molecule has 0 saturated carbocycles. The number of halogens is 2.